The SMILES string of the molecule is Cc1ccc(C)c(NC(=O)c2ccccc2NC(=O)[C@@H]2CCCO2)c1. The standard InChI is InChI=1S/C20H22N2O3/c1-13-9-10-14(2)17(12-13)22-19(23)15-6-3-4-7-16(15)21-20(24)18-8-5-11-25-18/h3-4,6-7,9-10,12,18H,5,8,11H2,1-2H3,(H,21,24)(H,22,23)/t18-/m0/s1. The Bertz CT molecular complexity index is 795. The molecule has 2 aromatic rings. The lowest BCUT2D eigenvalue weighted by Gasteiger charge is -2.15. The van der Waals surface area contributed by atoms with E-state index in [0.29, 0.717) is 24.3 Å². The Morgan fingerprint density at radius 2 is 1.84 bits per heavy atom. The van der Waals surface area contributed by atoms with E-state index in [-0.39, 0.29) is 11.8 Å². The molecule has 1 heterocycles. The van der Waals surface area contributed by atoms with Crippen LogP contribution in [0.25, 0.3) is 0 Å². The first kappa shape index (κ1) is 17.2. The summed E-state index contributed by atoms with van der Waals surface area (Å²) in [5.74, 6) is -0.457. The molecule has 1 fully saturated rings. The molecule has 0 unspecified atom stereocenters. The minimum absolute atomic E-state index is 0.204. The molecule has 0 aromatic heterocycles. The van der Waals surface area contributed by atoms with Gasteiger partial charge in [-0.15, -0.1) is 0 Å². The Kier molecular flexibility index (Phi) is 5.14. The van der Waals surface area contributed by atoms with Gasteiger partial charge in [0.25, 0.3) is 11.8 Å². The molecular weight excluding hydrogens is 316 g/mol. The highest BCUT2D eigenvalue weighted by molar-refractivity contribution is 6.10. The second kappa shape index (κ2) is 7.49. The Morgan fingerprint density at radius 3 is 2.60 bits per heavy atom. The molecule has 130 valence electrons. The molecule has 5 heteroatoms. The molecule has 2 amide bonds. The summed E-state index contributed by atoms with van der Waals surface area (Å²) in [5, 5.41) is 5.75. The quantitative estimate of drug-likeness (QED) is 0.894. The van der Waals surface area contributed by atoms with Gasteiger partial charge in [-0.1, -0.05) is 24.3 Å². The second-order valence-corrected chi connectivity index (χ2v) is 6.31. The van der Waals surface area contributed by atoms with Crippen LogP contribution in [0.3, 0.4) is 0 Å². The van der Waals surface area contributed by atoms with Gasteiger partial charge >= 0.3 is 0 Å². The van der Waals surface area contributed by atoms with Gasteiger partial charge in [-0.05, 0) is 56.0 Å². The van der Waals surface area contributed by atoms with Crippen molar-refractivity contribution < 1.29 is 14.3 Å². The van der Waals surface area contributed by atoms with Crippen LogP contribution in [0.5, 0.6) is 0 Å². The summed E-state index contributed by atoms with van der Waals surface area (Å²) in [6, 6.07) is 12.9. The average molecular weight is 338 g/mol. The van der Waals surface area contributed by atoms with Crippen LogP contribution in [0.15, 0.2) is 42.5 Å². The molecule has 2 N–H and O–H groups in total. The van der Waals surface area contributed by atoms with E-state index in [9.17, 15) is 9.59 Å². The zero-order valence-electron chi connectivity index (χ0n) is 14.5. The van der Waals surface area contributed by atoms with Crippen molar-refractivity contribution in [2.75, 3.05) is 17.2 Å². The maximum Gasteiger partial charge on any atom is 0.257 e. The van der Waals surface area contributed by atoms with E-state index < -0.39 is 6.10 Å². The first-order valence-electron chi connectivity index (χ1n) is 8.44. The van der Waals surface area contributed by atoms with Gasteiger partial charge in [0.2, 0.25) is 0 Å². The third kappa shape index (κ3) is 4.06. The average Bonchev–Trinajstić information content (AvgIpc) is 3.13. The molecule has 1 aliphatic heterocycles. The van der Waals surface area contributed by atoms with Crippen molar-refractivity contribution in [2.45, 2.75) is 32.8 Å². The topological polar surface area (TPSA) is 67.4 Å². The van der Waals surface area contributed by atoms with E-state index >= 15 is 0 Å². The number of aryl methyl sites for hydroxylation is 2. The van der Waals surface area contributed by atoms with E-state index in [1.54, 1.807) is 24.3 Å². The lowest BCUT2D eigenvalue weighted by atomic mass is 10.1. The van der Waals surface area contributed by atoms with E-state index in [1.807, 2.05) is 32.0 Å². The fourth-order valence-corrected chi connectivity index (χ4v) is 2.85. The zero-order valence-corrected chi connectivity index (χ0v) is 14.5. The third-order valence-electron chi connectivity index (χ3n) is 4.29. The molecule has 3 rings (SSSR count). The second-order valence-electron chi connectivity index (χ2n) is 6.31. The van der Waals surface area contributed by atoms with Crippen LogP contribution in [0, 0.1) is 13.8 Å². The summed E-state index contributed by atoms with van der Waals surface area (Å²) in [4.78, 5) is 25.0. The number of carbonyl (C=O) groups excluding carboxylic acids is 2. The molecule has 1 saturated heterocycles. The number of benzene rings is 2. The third-order valence-corrected chi connectivity index (χ3v) is 4.29. The van der Waals surface area contributed by atoms with Crippen LogP contribution in [-0.2, 0) is 9.53 Å². The Morgan fingerprint density at radius 1 is 1.04 bits per heavy atom. The van der Waals surface area contributed by atoms with Gasteiger partial charge in [0.05, 0.1) is 11.3 Å². The van der Waals surface area contributed by atoms with Crippen molar-refractivity contribution >= 4 is 23.2 Å². The van der Waals surface area contributed by atoms with Crippen molar-refractivity contribution in [3.63, 3.8) is 0 Å². The van der Waals surface area contributed by atoms with E-state index in [2.05, 4.69) is 10.6 Å². The van der Waals surface area contributed by atoms with Crippen LogP contribution >= 0.6 is 0 Å². The highest BCUT2D eigenvalue weighted by atomic mass is 16.5. The summed E-state index contributed by atoms with van der Waals surface area (Å²) in [6.45, 7) is 4.53. The normalized spacial score (nSPS) is 16.5. The molecule has 0 spiro atoms. The number of rotatable bonds is 4. The van der Waals surface area contributed by atoms with Gasteiger partial charge in [0, 0.05) is 12.3 Å². The molecule has 2 aromatic carbocycles. The zero-order chi connectivity index (χ0) is 17.8. The summed E-state index contributed by atoms with van der Waals surface area (Å²) < 4.78 is 5.40. The van der Waals surface area contributed by atoms with Crippen molar-refractivity contribution in [3.8, 4) is 0 Å². The Balaban J connectivity index is 1.78. The molecule has 25 heavy (non-hydrogen) atoms. The molecular formula is C20H22N2O3. The molecule has 0 radical (unpaired) electrons. The highest BCUT2D eigenvalue weighted by Crippen LogP contribution is 2.22. The predicted octanol–water partition coefficient (Wildman–Crippen LogP) is 3.67. The number of hydrogen-bond donors (Lipinski definition) is 2. The largest absolute Gasteiger partial charge is 0.368 e. The minimum Gasteiger partial charge on any atom is -0.368 e. The smallest absolute Gasteiger partial charge is 0.257 e. The highest BCUT2D eigenvalue weighted by Gasteiger charge is 2.24. The van der Waals surface area contributed by atoms with Gasteiger partial charge in [-0.25, -0.2) is 0 Å². The maximum absolute atomic E-state index is 12.7. The molecule has 1 aliphatic rings. The van der Waals surface area contributed by atoms with Crippen molar-refractivity contribution in [3.05, 3.63) is 59.2 Å². The number of anilines is 2. The van der Waals surface area contributed by atoms with E-state index in [1.165, 1.54) is 0 Å². The Labute approximate surface area is 147 Å². The minimum atomic E-state index is -0.435. The van der Waals surface area contributed by atoms with Crippen LogP contribution in [0.4, 0.5) is 11.4 Å². The molecule has 0 saturated carbocycles. The Hall–Kier alpha value is -2.66. The fourth-order valence-electron chi connectivity index (χ4n) is 2.85. The van der Waals surface area contributed by atoms with Gasteiger partial charge in [-0.2, -0.15) is 0 Å². The number of amides is 2. The number of para-hydroxylation sites is 1. The van der Waals surface area contributed by atoms with Crippen LogP contribution in [-0.4, -0.2) is 24.5 Å². The van der Waals surface area contributed by atoms with Crippen molar-refractivity contribution in [1.29, 1.82) is 0 Å². The summed E-state index contributed by atoms with van der Waals surface area (Å²) in [7, 11) is 0. The number of hydrogen-bond acceptors (Lipinski definition) is 3. The number of carbonyl (C=O) groups is 2. The van der Waals surface area contributed by atoms with E-state index in [0.717, 1.165) is 23.2 Å². The van der Waals surface area contributed by atoms with Crippen molar-refractivity contribution in [2.24, 2.45) is 0 Å². The molecule has 1 atom stereocenters. The lowest BCUT2D eigenvalue weighted by molar-refractivity contribution is -0.124. The lowest BCUT2D eigenvalue weighted by Crippen LogP contribution is -2.28. The van der Waals surface area contributed by atoms with Gasteiger partial charge < -0.3 is 15.4 Å². The van der Waals surface area contributed by atoms with Crippen LogP contribution in [0.1, 0.15) is 34.3 Å². The number of nitrogens with one attached hydrogen (secondary N) is 2. The van der Waals surface area contributed by atoms with Gasteiger partial charge in [0.15, 0.2) is 0 Å². The first-order chi connectivity index (χ1) is 12.0. The summed E-state index contributed by atoms with van der Waals surface area (Å²) >= 11 is 0. The van der Waals surface area contributed by atoms with E-state index in [4.69, 9.17) is 4.74 Å². The number of ether oxygens (including phenoxy) is 1. The predicted molar refractivity (Wildman–Crippen MR) is 97.9 cm³/mol. The maximum atomic E-state index is 12.7. The summed E-state index contributed by atoms with van der Waals surface area (Å²) in [5.41, 5.74) is 3.74. The molecule has 5 nitrogen and oxygen atoms in total. The molecule has 0 aliphatic carbocycles. The van der Waals surface area contributed by atoms with Gasteiger partial charge in [-0.3, -0.25) is 9.59 Å². The fraction of sp³-hybridized carbons (Fsp3) is 0.300. The van der Waals surface area contributed by atoms with Crippen LogP contribution in [0.2, 0.25) is 0 Å². The van der Waals surface area contributed by atoms with Crippen LogP contribution < -0.4 is 10.6 Å². The monoisotopic (exact) mass is 338 g/mol. The molecule has 0 bridgehead atoms. The first-order valence-corrected chi connectivity index (χ1v) is 8.44. The van der Waals surface area contributed by atoms with Crippen molar-refractivity contribution in [1.82, 2.24) is 0 Å². The summed E-state index contributed by atoms with van der Waals surface area (Å²) in [6.07, 6.45) is 1.16. The van der Waals surface area contributed by atoms with Gasteiger partial charge in [0.1, 0.15) is 6.10 Å².